The summed E-state index contributed by atoms with van der Waals surface area (Å²) in [6.45, 7) is 9.69. The Morgan fingerprint density at radius 2 is 1.97 bits per heavy atom. The lowest BCUT2D eigenvalue weighted by Gasteiger charge is -2.40. The second kappa shape index (κ2) is 11.8. The fraction of sp³-hybridized carbons (Fsp3) is 0.462. The first-order chi connectivity index (χ1) is 15.5. The third-order valence-corrected chi connectivity index (χ3v) is 5.95. The summed E-state index contributed by atoms with van der Waals surface area (Å²) in [5.41, 5.74) is 4.93. The van der Waals surface area contributed by atoms with E-state index in [1.165, 1.54) is 23.6 Å². The van der Waals surface area contributed by atoms with E-state index < -0.39 is 5.97 Å². The van der Waals surface area contributed by atoms with Gasteiger partial charge in [-0.3, -0.25) is 4.90 Å². The average molecular weight is 455 g/mol. The fourth-order valence-corrected chi connectivity index (χ4v) is 4.27. The predicted molar refractivity (Wildman–Crippen MR) is 134 cm³/mol. The van der Waals surface area contributed by atoms with Gasteiger partial charge < -0.3 is 19.4 Å². The standard InChI is InChI=1S/C23H28N4O3.C2H6.CH4/c1-15-11-21(29-3)18(17-7-8-24-22(15)17)13-27-10-9-26(2)14-20(27)16-5-6-19(25-12-16)23(28)30-4;1-2;/h5-8,11-12,20,24H,9-10,13-14H2,1-4H3;1-2H3;1H4. The molecule has 2 aromatic heterocycles. The van der Waals surface area contributed by atoms with Gasteiger partial charge in [-0.2, -0.15) is 0 Å². The van der Waals surface area contributed by atoms with Gasteiger partial charge >= 0.3 is 5.97 Å². The number of aromatic amines is 1. The van der Waals surface area contributed by atoms with Crippen molar-refractivity contribution < 1.29 is 14.3 Å². The molecule has 3 aromatic rings. The lowest BCUT2D eigenvalue weighted by Crippen LogP contribution is -2.46. The zero-order valence-corrected chi connectivity index (χ0v) is 19.9. The van der Waals surface area contributed by atoms with Crippen molar-refractivity contribution in [3.63, 3.8) is 0 Å². The summed E-state index contributed by atoms with van der Waals surface area (Å²) < 4.78 is 10.5. The van der Waals surface area contributed by atoms with Crippen molar-refractivity contribution >= 4 is 16.9 Å². The van der Waals surface area contributed by atoms with E-state index >= 15 is 0 Å². The van der Waals surface area contributed by atoms with E-state index in [0.29, 0.717) is 5.69 Å². The van der Waals surface area contributed by atoms with Gasteiger partial charge in [0.25, 0.3) is 0 Å². The number of esters is 1. The number of carbonyl (C=O) groups excluding carboxylic acids is 1. The molecule has 1 aromatic carbocycles. The number of benzene rings is 1. The number of carbonyl (C=O) groups is 1. The number of nitrogens with zero attached hydrogens (tertiary/aromatic N) is 3. The molecule has 1 unspecified atom stereocenters. The van der Waals surface area contributed by atoms with E-state index in [1.54, 1.807) is 19.4 Å². The SMILES string of the molecule is C.CC.COC(=O)c1ccc(C2CN(C)CCN2Cc2c(OC)cc(C)c3[nH]ccc23)cn1. The highest BCUT2D eigenvalue weighted by atomic mass is 16.5. The summed E-state index contributed by atoms with van der Waals surface area (Å²) in [6, 6.07) is 8.12. The van der Waals surface area contributed by atoms with Crippen molar-refractivity contribution in [2.45, 2.75) is 40.8 Å². The molecule has 1 fully saturated rings. The lowest BCUT2D eigenvalue weighted by molar-refractivity contribution is 0.0593. The molecule has 7 heteroatoms. The van der Waals surface area contributed by atoms with Crippen LogP contribution in [0.25, 0.3) is 10.9 Å². The number of nitrogens with one attached hydrogen (secondary N) is 1. The number of piperazine rings is 1. The Labute approximate surface area is 197 Å². The molecule has 0 amide bonds. The van der Waals surface area contributed by atoms with Crippen molar-refractivity contribution in [2.24, 2.45) is 0 Å². The summed E-state index contributed by atoms with van der Waals surface area (Å²) in [6.07, 6.45) is 3.78. The predicted octanol–water partition coefficient (Wildman–Crippen LogP) is 4.82. The van der Waals surface area contributed by atoms with Crippen LogP contribution in [0.15, 0.2) is 36.7 Å². The van der Waals surface area contributed by atoms with Crippen LogP contribution < -0.4 is 4.74 Å². The number of aryl methyl sites for hydroxylation is 1. The molecule has 1 atom stereocenters. The summed E-state index contributed by atoms with van der Waals surface area (Å²) in [5, 5.41) is 1.20. The fourth-order valence-electron chi connectivity index (χ4n) is 4.27. The Hall–Kier alpha value is -2.90. The van der Waals surface area contributed by atoms with Gasteiger partial charge in [0.2, 0.25) is 0 Å². The lowest BCUT2D eigenvalue weighted by atomic mass is 10.00. The van der Waals surface area contributed by atoms with E-state index in [4.69, 9.17) is 9.47 Å². The molecule has 1 aliphatic heterocycles. The number of hydrogen-bond acceptors (Lipinski definition) is 6. The molecule has 0 saturated carbocycles. The second-order valence-corrected chi connectivity index (χ2v) is 7.86. The van der Waals surface area contributed by atoms with Gasteiger partial charge in [0.05, 0.1) is 14.2 Å². The Balaban J connectivity index is 0.00000125. The molecule has 1 N–H and O–H groups in total. The number of ether oxygens (including phenoxy) is 2. The maximum absolute atomic E-state index is 11.7. The normalized spacial score (nSPS) is 16.5. The minimum absolute atomic E-state index is 0. The first-order valence-corrected chi connectivity index (χ1v) is 11.1. The number of aromatic nitrogens is 2. The van der Waals surface area contributed by atoms with E-state index in [1.807, 2.05) is 26.1 Å². The molecular formula is C26H38N4O3. The third kappa shape index (κ3) is 5.54. The topological polar surface area (TPSA) is 70.7 Å². The number of H-pyrrole nitrogens is 1. The van der Waals surface area contributed by atoms with Crippen LogP contribution in [0.3, 0.4) is 0 Å². The minimum atomic E-state index is -0.418. The Morgan fingerprint density at radius 3 is 2.61 bits per heavy atom. The van der Waals surface area contributed by atoms with E-state index in [2.05, 4.69) is 45.9 Å². The van der Waals surface area contributed by atoms with Crippen molar-refractivity contribution in [3.8, 4) is 5.75 Å². The molecule has 180 valence electrons. The second-order valence-electron chi connectivity index (χ2n) is 7.86. The Morgan fingerprint density at radius 1 is 1.21 bits per heavy atom. The minimum Gasteiger partial charge on any atom is -0.496 e. The summed E-state index contributed by atoms with van der Waals surface area (Å²) >= 11 is 0. The maximum Gasteiger partial charge on any atom is 0.356 e. The number of rotatable bonds is 5. The molecule has 1 saturated heterocycles. The highest BCUT2D eigenvalue weighted by Crippen LogP contribution is 2.34. The van der Waals surface area contributed by atoms with Gasteiger partial charge in [-0.25, -0.2) is 9.78 Å². The zero-order valence-electron chi connectivity index (χ0n) is 19.9. The molecule has 33 heavy (non-hydrogen) atoms. The third-order valence-electron chi connectivity index (χ3n) is 5.95. The Kier molecular flexibility index (Phi) is 9.44. The van der Waals surface area contributed by atoms with Crippen LogP contribution in [0.4, 0.5) is 0 Å². The molecule has 4 rings (SSSR count). The van der Waals surface area contributed by atoms with Crippen molar-refractivity contribution in [1.82, 2.24) is 19.8 Å². The maximum atomic E-state index is 11.7. The number of likely N-dealkylation sites (N-methyl/N-ethyl adjacent to an activating group) is 1. The van der Waals surface area contributed by atoms with Crippen molar-refractivity contribution in [3.05, 3.63) is 59.0 Å². The van der Waals surface area contributed by atoms with Crippen molar-refractivity contribution in [1.29, 1.82) is 0 Å². The van der Waals surface area contributed by atoms with Crippen LogP contribution >= 0.6 is 0 Å². The van der Waals surface area contributed by atoms with Crippen LogP contribution in [0.2, 0.25) is 0 Å². The number of fused-ring (bicyclic) bond motifs is 1. The van der Waals surface area contributed by atoms with Gasteiger partial charge in [-0.1, -0.05) is 27.3 Å². The molecule has 0 aliphatic carbocycles. The molecular weight excluding hydrogens is 416 g/mol. The van der Waals surface area contributed by atoms with Gasteiger partial charge in [0, 0.05) is 61.1 Å². The van der Waals surface area contributed by atoms with Crippen molar-refractivity contribution in [2.75, 3.05) is 40.9 Å². The van der Waals surface area contributed by atoms with Crippen LogP contribution in [0.1, 0.15) is 54.5 Å². The number of hydrogen-bond donors (Lipinski definition) is 1. The van der Waals surface area contributed by atoms with Crippen LogP contribution in [0, 0.1) is 6.92 Å². The van der Waals surface area contributed by atoms with Crippen LogP contribution in [-0.4, -0.2) is 66.6 Å². The molecule has 3 heterocycles. The number of pyridine rings is 1. The molecule has 0 spiro atoms. The monoisotopic (exact) mass is 454 g/mol. The van der Waals surface area contributed by atoms with Gasteiger partial charge in [-0.05, 0) is 43.3 Å². The van der Waals surface area contributed by atoms with Crippen LogP contribution in [0.5, 0.6) is 5.75 Å². The summed E-state index contributed by atoms with van der Waals surface area (Å²) in [7, 11) is 5.23. The van der Waals surface area contributed by atoms with E-state index in [9.17, 15) is 4.79 Å². The average Bonchev–Trinajstić information content (AvgIpc) is 3.33. The van der Waals surface area contributed by atoms with E-state index in [0.717, 1.165) is 43.0 Å². The Bertz CT molecular complexity index is 1050. The number of methoxy groups -OCH3 is 2. The van der Waals surface area contributed by atoms with E-state index in [-0.39, 0.29) is 13.5 Å². The molecule has 0 radical (unpaired) electrons. The smallest absolute Gasteiger partial charge is 0.356 e. The first-order valence-electron chi connectivity index (χ1n) is 11.1. The highest BCUT2D eigenvalue weighted by molar-refractivity contribution is 5.88. The largest absolute Gasteiger partial charge is 0.496 e. The summed E-state index contributed by atoms with van der Waals surface area (Å²) in [4.78, 5) is 24.2. The molecule has 1 aliphatic rings. The zero-order chi connectivity index (χ0) is 23.3. The first kappa shape index (κ1) is 26.4. The summed E-state index contributed by atoms with van der Waals surface area (Å²) in [5.74, 6) is 0.495. The highest BCUT2D eigenvalue weighted by Gasteiger charge is 2.28. The van der Waals surface area contributed by atoms with Gasteiger partial charge in [-0.15, -0.1) is 0 Å². The van der Waals surface area contributed by atoms with Gasteiger partial charge in [0.1, 0.15) is 11.4 Å². The quantitative estimate of drug-likeness (QED) is 0.558. The molecule has 0 bridgehead atoms. The molecule has 7 nitrogen and oxygen atoms in total. The van der Waals surface area contributed by atoms with Gasteiger partial charge in [0.15, 0.2) is 0 Å². The van der Waals surface area contributed by atoms with Crippen LogP contribution in [-0.2, 0) is 11.3 Å².